The molecule has 5 heteroatoms. The first-order valence-electron chi connectivity index (χ1n) is 6.14. The number of carbonyl (C=O) groups excluding carboxylic acids is 1. The van der Waals surface area contributed by atoms with Crippen molar-refractivity contribution in [3.05, 3.63) is 22.4 Å². The maximum Gasteiger partial charge on any atom is 0.226 e. The number of amides is 1. The summed E-state index contributed by atoms with van der Waals surface area (Å²) in [6.07, 6.45) is 1.61. The van der Waals surface area contributed by atoms with Crippen LogP contribution in [0.3, 0.4) is 0 Å². The Bertz CT molecular complexity index is 385. The maximum atomic E-state index is 12.0. The third-order valence-electron chi connectivity index (χ3n) is 3.32. The van der Waals surface area contributed by atoms with Crippen LogP contribution in [-0.2, 0) is 16.0 Å². The van der Waals surface area contributed by atoms with E-state index < -0.39 is 5.60 Å². The van der Waals surface area contributed by atoms with E-state index in [0.717, 1.165) is 5.56 Å². The van der Waals surface area contributed by atoms with Crippen molar-refractivity contribution >= 4 is 17.2 Å². The first-order chi connectivity index (χ1) is 8.59. The molecule has 0 radical (unpaired) electrons. The zero-order valence-electron chi connectivity index (χ0n) is 10.6. The number of aliphatic hydroxyl groups is 1. The molecule has 4 nitrogen and oxygen atoms in total. The van der Waals surface area contributed by atoms with Crippen LogP contribution in [0.2, 0.25) is 0 Å². The molecule has 0 unspecified atom stereocenters. The number of rotatable bonds is 4. The number of ether oxygens (including phenoxy) is 1. The smallest absolute Gasteiger partial charge is 0.226 e. The van der Waals surface area contributed by atoms with Gasteiger partial charge in [-0.3, -0.25) is 4.79 Å². The van der Waals surface area contributed by atoms with Crippen LogP contribution in [-0.4, -0.2) is 48.3 Å². The van der Waals surface area contributed by atoms with Gasteiger partial charge < -0.3 is 14.7 Å². The van der Waals surface area contributed by atoms with Crippen LogP contribution < -0.4 is 0 Å². The van der Waals surface area contributed by atoms with E-state index in [1.54, 1.807) is 23.3 Å². The average molecular weight is 269 g/mol. The summed E-state index contributed by atoms with van der Waals surface area (Å²) >= 11 is 1.59. The number of nitrogens with zero attached hydrogens (tertiary/aromatic N) is 1. The van der Waals surface area contributed by atoms with Crippen molar-refractivity contribution in [2.75, 3.05) is 26.8 Å². The van der Waals surface area contributed by atoms with Gasteiger partial charge in [0.1, 0.15) is 0 Å². The molecule has 0 aromatic carbocycles. The van der Waals surface area contributed by atoms with Crippen LogP contribution >= 0.6 is 11.3 Å². The Hall–Kier alpha value is -0.910. The molecule has 1 aliphatic heterocycles. The fourth-order valence-corrected chi connectivity index (χ4v) is 2.81. The van der Waals surface area contributed by atoms with Gasteiger partial charge in [0.15, 0.2) is 0 Å². The Labute approximate surface area is 111 Å². The van der Waals surface area contributed by atoms with E-state index in [1.807, 2.05) is 16.8 Å². The Morgan fingerprint density at radius 1 is 1.56 bits per heavy atom. The lowest BCUT2D eigenvalue weighted by atomic mass is 9.94. The zero-order chi connectivity index (χ0) is 13.0. The quantitative estimate of drug-likeness (QED) is 0.896. The second kappa shape index (κ2) is 5.82. The number of hydrogen-bond donors (Lipinski definition) is 1. The number of hydrogen-bond acceptors (Lipinski definition) is 4. The normalized spacial score (nSPS) is 18.6. The number of thiophene rings is 1. The van der Waals surface area contributed by atoms with E-state index in [4.69, 9.17) is 4.74 Å². The summed E-state index contributed by atoms with van der Waals surface area (Å²) < 4.78 is 5.23. The maximum absolute atomic E-state index is 12.0. The van der Waals surface area contributed by atoms with Crippen LogP contribution in [0.4, 0.5) is 0 Å². The molecular formula is C13H19NO3S. The topological polar surface area (TPSA) is 49.8 Å². The summed E-state index contributed by atoms with van der Waals surface area (Å²) in [5.74, 6) is 0.0494. The third-order valence-corrected chi connectivity index (χ3v) is 4.05. The molecule has 1 aliphatic rings. The van der Waals surface area contributed by atoms with Crippen LogP contribution in [0.15, 0.2) is 16.8 Å². The highest BCUT2D eigenvalue weighted by Gasteiger charge is 2.32. The first-order valence-corrected chi connectivity index (χ1v) is 7.08. The lowest BCUT2D eigenvalue weighted by Crippen LogP contribution is -2.47. The molecule has 0 saturated carbocycles. The van der Waals surface area contributed by atoms with E-state index in [9.17, 15) is 9.90 Å². The minimum Gasteiger partial charge on any atom is -0.388 e. The molecule has 18 heavy (non-hydrogen) atoms. The molecule has 1 amide bonds. The molecule has 2 heterocycles. The van der Waals surface area contributed by atoms with E-state index >= 15 is 0 Å². The van der Waals surface area contributed by atoms with Gasteiger partial charge in [-0.25, -0.2) is 0 Å². The van der Waals surface area contributed by atoms with Crippen molar-refractivity contribution in [1.82, 2.24) is 4.90 Å². The minimum atomic E-state index is -0.780. The summed E-state index contributed by atoms with van der Waals surface area (Å²) in [4.78, 5) is 13.6. The predicted octanol–water partition coefficient (Wildman–Crippen LogP) is 1.29. The lowest BCUT2D eigenvalue weighted by Gasteiger charge is -2.35. The van der Waals surface area contributed by atoms with Gasteiger partial charge in [-0.15, -0.1) is 0 Å². The molecule has 0 spiro atoms. The number of carbonyl (C=O) groups is 1. The van der Waals surface area contributed by atoms with E-state index in [2.05, 4.69) is 0 Å². The Morgan fingerprint density at radius 3 is 2.89 bits per heavy atom. The first kappa shape index (κ1) is 13.5. The number of likely N-dealkylation sites (N-methyl/N-ethyl adjacent to an activating group) is 1. The van der Waals surface area contributed by atoms with Gasteiger partial charge in [-0.05, 0) is 22.4 Å². The van der Waals surface area contributed by atoms with Gasteiger partial charge in [-0.2, -0.15) is 11.3 Å². The fraction of sp³-hybridized carbons (Fsp3) is 0.615. The summed E-state index contributed by atoms with van der Waals surface area (Å²) in [5.41, 5.74) is 0.257. The SMILES string of the molecule is CN(CC1(O)CCOCC1)C(=O)Cc1ccsc1. The molecule has 0 aliphatic carbocycles. The van der Waals surface area contributed by atoms with Crippen LogP contribution in [0.5, 0.6) is 0 Å². The third kappa shape index (κ3) is 3.54. The summed E-state index contributed by atoms with van der Waals surface area (Å²) in [5, 5.41) is 14.3. The van der Waals surface area contributed by atoms with Crippen LogP contribution in [0.1, 0.15) is 18.4 Å². The monoisotopic (exact) mass is 269 g/mol. The van der Waals surface area contributed by atoms with E-state index in [1.165, 1.54) is 0 Å². The average Bonchev–Trinajstić information content (AvgIpc) is 2.82. The molecule has 1 fully saturated rings. The summed E-state index contributed by atoms with van der Waals surface area (Å²) in [6, 6.07) is 1.96. The highest BCUT2D eigenvalue weighted by atomic mass is 32.1. The molecule has 100 valence electrons. The fourth-order valence-electron chi connectivity index (χ4n) is 2.14. The van der Waals surface area contributed by atoms with Crippen molar-refractivity contribution in [2.24, 2.45) is 0 Å². The van der Waals surface area contributed by atoms with Gasteiger partial charge in [-0.1, -0.05) is 0 Å². The lowest BCUT2D eigenvalue weighted by molar-refractivity contribution is -0.136. The molecule has 1 saturated heterocycles. The van der Waals surface area contributed by atoms with E-state index in [0.29, 0.717) is 39.0 Å². The van der Waals surface area contributed by atoms with Gasteiger partial charge in [0.25, 0.3) is 0 Å². The van der Waals surface area contributed by atoms with Crippen LogP contribution in [0.25, 0.3) is 0 Å². The molecule has 1 N–H and O–H groups in total. The molecule has 1 aromatic rings. The summed E-state index contributed by atoms with van der Waals surface area (Å²) in [7, 11) is 1.75. The van der Waals surface area contributed by atoms with Crippen molar-refractivity contribution in [2.45, 2.75) is 24.9 Å². The molecular weight excluding hydrogens is 250 g/mol. The largest absolute Gasteiger partial charge is 0.388 e. The summed E-state index contributed by atoms with van der Waals surface area (Å²) in [6.45, 7) is 1.53. The molecule has 0 atom stereocenters. The zero-order valence-corrected chi connectivity index (χ0v) is 11.4. The second-order valence-corrected chi connectivity index (χ2v) is 5.67. The van der Waals surface area contributed by atoms with Gasteiger partial charge in [0.05, 0.1) is 12.0 Å². The Balaban J connectivity index is 1.86. The van der Waals surface area contributed by atoms with Crippen molar-refractivity contribution in [3.8, 4) is 0 Å². The predicted molar refractivity (Wildman–Crippen MR) is 70.7 cm³/mol. The van der Waals surface area contributed by atoms with Gasteiger partial charge in [0, 0.05) is 39.6 Å². The Morgan fingerprint density at radius 2 is 2.28 bits per heavy atom. The molecule has 0 bridgehead atoms. The molecule has 2 rings (SSSR count). The Kier molecular flexibility index (Phi) is 4.37. The van der Waals surface area contributed by atoms with E-state index in [-0.39, 0.29) is 5.91 Å². The van der Waals surface area contributed by atoms with Gasteiger partial charge in [0.2, 0.25) is 5.91 Å². The molecule has 1 aromatic heterocycles. The highest BCUT2D eigenvalue weighted by molar-refractivity contribution is 7.07. The van der Waals surface area contributed by atoms with Crippen molar-refractivity contribution in [3.63, 3.8) is 0 Å². The standard InChI is InChI=1S/C13H19NO3S/c1-14(10-13(16)3-5-17-6-4-13)12(15)8-11-2-7-18-9-11/h2,7,9,16H,3-6,8,10H2,1H3. The minimum absolute atomic E-state index is 0.0494. The van der Waals surface area contributed by atoms with Crippen molar-refractivity contribution in [1.29, 1.82) is 0 Å². The second-order valence-electron chi connectivity index (χ2n) is 4.89. The highest BCUT2D eigenvalue weighted by Crippen LogP contribution is 2.21. The van der Waals surface area contributed by atoms with Crippen LogP contribution in [0, 0.1) is 0 Å². The van der Waals surface area contributed by atoms with Crippen molar-refractivity contribution < 1.29 is 14.6 Å². The van der Waals surface area contributed by atoms with Gasteiger partial charge >= 0.3 is 0 Å².